The van der Waals surface area contributed by atoms with Gasteiger partial charge in [0.1, 0.15) is 22.7 Å². The van der Waals surface area contributed by atoms with Gasteiger partial charge in [0.15, 0.2) is 0 Å². The quantitative estimate of drug-likeness (QED) is 0.176. The number of nitrogens with zero attached hydrogens (tertiary/aromatic N) is 1. The Labute approximate surface area is 421 Å². The van der Waals surface area contributed by atoms with E-state index >= 15 is 0 Å². The van der Waals surface area contributed by atoms with Crippen LogP contribution in [0.4, 0.5) is 17.1 Å². The molecule has 11 aromatic carbocycles. The second kappa shape index (κ2) is 14.8. The van der Waals surface area contributed by atoms with E-state index in [4.69, 9.17) is 9.15 Å². The number of hydrogen-bond donors (Lipinski definition) is 0. The van der Waals surface area contributed by atoms with Gasteiger partial charge in [-0.3, -0.25) is 0 Å². The van der Waals surface area contributed by atoms with Gasteiger partial charge < -0.3 is 14.1 Å². The normalized spacial score (nSPS) is 14.4. The Hall–Kier alpha value is -8.83. The highest BCUT2D eigenvalue weighted by molar-refractivity contribution is 7.99. The van der Waals surface area contributed by atoms with Crippen molar-refractivity contribution in [3.05, 3.63) is 293 Å². The van der Waals surface area contributed by atoms with E-state index in [1.54, 1.807) is 0 Å². The summed E-state index contributed by atoms with van der Waals surface area (Å²) < 4.78 is 13.1. The Morgan fingerprint density at radius 1 is 0.347 bits per heavy atom. The predicted molar refractivity (Wildman–Crippen MR) is 293 cm³/mol. The first kappa shape index (κ1) is 40.0. The summed E-state index contributed by atoms with van der Waals surface area (Å²) in [5.41, 5.74) is 21.1. The molecule has 2 aliphatic carbocycles. The van der Waals surface area contributed by atoms with Crippen LogP contribution in [0.2, 0.25) is 0 Å². The van der Waals surface area contributed by atoms with Crippen LogP contribution in [0.25, 0.3) is 55.3 Å². The number of rotatable bonds is 4. The Morgan fingerprint density at radius 2 is 0.875 bits per heavy atom. The summed E-state index contributed by atoms with van der Waals surface area (Å²) in [5.74, 6) is 1.76. The van der Waals surface area contributed by atoms with Crippen molar-refractivity contribution in [1.29, 1.82) is 0 Å². The zero-order valence-corrected chi connectivity index (χ0v) is 39.7. The maximum atomic E-state index is 6.78. The van der Waals surface area contributed by atoms with Crippen LogP contribution in [0.1, 0.15) is 44.5 Å². The van der Waals surface area contributed by atoms with Crippen LogP contribution in [-0.2, 0) is 10.8 Å². The number of hydrogen-bond acceptors (Lipinski definition) is 4. The van der Waals surface area contributed by atoms with Gasteiger partial charge in [0.05, 0.1) is 22.2 Å². The monoisotopic (exact) mass is 935 g/mol. The molecule has 16 rings (SSSR count). The molecule has 1 aromatic heterocycles. The number of ether oxygens (including phenoxy) is 1. The summed E-state index contributed by atoms with van der Waals surface area (Å²) in [7, 11) is 0. The highest BCUT2D eigenvalue weighted by atomic mass is 32.2. The van der Waals surface area contributed by atoms with Gasteiger partial charge >= 0.3 is 0 Å². The van der Waals surface area contributed by atoms with Crippen LogP contribution < -0.4 is 9.64 Å². The fourth-order valence-corrected chi connectivity index (χ4v) is 14.5. The van der Waals surface area contributed by atoms with Crippen molar-refractivity contribution in [1.82, 2.24) is 0 Å². The Morgan fingerprint density at radius 3 is 1.61 bits per heavy atom. The van der Waals surface area contributed by atoms with Gasteiger partial charge in [-0.25, -0.2) is 0 Å². The molecule has 0 atom stereocenters. The largest absolute Gasteiger partial charge is 0.457 e. The van der Waals surface area contributed by atoms with Crippen LogP contribution in [0.15, 0.2) is 263 Å². The van der Waals surface area contributed by atoms with Crippen LogP contribution in [-0.4, -0.2) is 0 Å². The standard InChI is InChI=1S/C68H41NO2S/c1-4-21-50-45(17-1)47-20-15-29-58(66(47)68(50)54-25-8-13-33-63(54)72-64-34-14-9-26-55(64)68)69(44-38-35-42(36-39-44)43-37-40-60-49(41-43)46-18-3-10-30-59(46)70-60)57-28-16-27-56-65(57)48-19-2-5-22-51(48)67(56)52-23-6-11-31-61(52)71-62-32-12-7-24-53(62)67/h1-41H. The SMILES string of the molecule is c1ccc2c(c1)Oc1ccccc1C21c2ccccc2-c2c(N(c3ccc(-c4ccc5oc6ccccc6c5c4)cc3)c3cccc4c3C3(c5ccccc5Sc5ccccc53)c3ccccc3-4)cccc21. The molecule has 3 nitrogen and oxygen atoms in total. The molecule has 0 unspecified atom stereocenters. The molecule has 2 aliphatic heterocycles. The third-order valence-electron chi connectivity index (χ3n) is 16.0. The molecule has 72 heavy (non-hydrogen) atoms. The van der Waals surface area contributed by atoms with Crippen molar-refractivity contribution < 1.29 is 9.15 Å². The number of anilines is 3. The summed E-state index contributed by atoms with van der Waals surface area (Å²) in [4.78, 5) is 5.14. The molecule has 336 valence electrons. The molecule has 0 fully saturated rings. The first-order valence-electron chi connectivity index (χ1n) is 24.7. The molecule has 2 spiro atoms. The van der Waals surface area contributed by atoms with Crippen molar-refractivity contribution in [2.75, 3.05) is 4.90 Å². The van der Waals surface area contributed by atoms with Crippen molar-refractivity contribution in [2.45, 2.75) is 20.6 Å². The smallest absolute Gasteiger partial charge is 0.135 e. The maximum Gasteiger partial charge on any atom is 0.135 e. The fourth-order valence-electron chi connectivity index (χ4n) is 13.3. The lowest BCUT2D eigenvalue weighted by atomic mass is 9.66. The van der Waals surface area contributed by atoms with Gasteiger partial charge in [0.2, 0.25) is 0 Å². The molecule has 4 heteroatoms. The molecule has 0 saturated carbocycles. The molecular formula is C68H41NO2S. The number of para-hydroxylation sites is 3. The van der Waals surface area contributed by atoms with Crippen LogP contribution in [0.3, 0.4) is 0 Å². The summed E-state index contributed by atoms with van der Waals surface area (Å²) in [6.07, 6.45) is 0. The zero-order chi connectivity index (χ0) is 47.1. The van der Waals surface area contributed by atoms with Gasteiger partial charge in [-0.05, 0) is 122 Å². The molecule has 12 aromatic rings. The van der Waals surface area contributed by atoms with Gasteiger partial charge in [-0.15, -0.1) is 0 Å². The lowest BCUT2D eigenvalue weighted by Gasteiger charge is -2.42. The minimum Gasteiger partial charge on any atom is -0.457 e. The molecule has 0 amide bonds. The number of fused-ring (bicyclic) bond motifs is 21. The Kier molecular flexibility index (Phi) is 8.24. The zero-order valence-electron chi connectivity index (χ0n) is 38.8. The van der Waals surface area contributed by atoms with E-state index in [2.05, 4.69) is 241 Å². The second-order valence-electron chi connectivity index (χ2n) is 19.4. The average Bonchev–Trinajstić information content (AvgIpc) is 4.07. The highest BCUT2D eigenvalue weighted by Crippen LogP contribution is 2.67. The van der Waals surface area contributed by atoms with Gasteiger partial charge in [0.25, 0.3) is 0 Å². The molecule has 0 radical (unpaired) electrons. The molecular weight excluding hydrogens is 895 g/mol. The van der Waals surface area contributed by atoms with E-state index in [9.17, 15) is 0 Å². The summed E-state index contributed by atoms with van der Waals surface area (Å²) >= 11 is 1.88. The lowest BCUT2D eigenvalue weighted by Crippen LogP contribution is -2.33. The van der Waals surface area contributed by atoms with E-state index in [-0.39, 0.29) is 0 Å². The first-order valence-corrected chi connectivity index (χ1v) is 25.6. The van der Waals surface area contributed by atoms with E-state index < -0.39 is 10.8 Å². The minimum absolute atomic E-state index is 0.613. The third kappa shape index (κ3) is 5.16. The van der Waals surface area contributed by atoms with Crippen molar-refractivity contribution in [3.63, 3.8) is 0 Å². The molecule has 0 bridgehead atoms. The van der Waals surface area contributed by atoms with Crippen molar-refractivity contribution >= 4 is 50.8 Å². The van der Waals surface area contributed by atoms with E-state index in [0.29, 0.717) is 0 Å². The molecule has 0 N–H and O–H groups in total. The van der Waals surface area contributed by atoms with E-state index in [1.807, 2.05) is 23.9 Å². The maximum absolute atomic E-state index is 6.78. The van der Waals surface area contributed by atoms with Gasteiger partial charge in [-0.1, -0.05) is 194 Å². The second-order valence-corrected chi connectivity index (χ2v) is 20.5. The number of benzene rings is 11. The van der Waals surface area contributed by atoms with Crippen molar-refractivity contribution in [2.24, 2.45) is 0 Å². The Bertz CT molecular complexity index is 4170. The number of furan rings is 1. The fraction of sp³-hybridized carbons (Fsp3) is 0.0294. The minimum atomic E-state index is -0.632. The third-order valence-corrected chi connectivity index (χ3v) is 17.2. The van der Waals surface area contributed by atoms with Crippen LogP contribution in [0, 0.1) is 0 Å². The van der Waals surface area contributed by atoms with E-state index in [0.717, 1.165) is 72.8 Å². The van der Waals surface area contributed by atoms with Gasteiger partial charge in [0, 0.05) is 48.5 Å². The Balaban J connectivity index is 1.00. The predicted octanol–water partition coefficient (Wildman–Crippen LogP) is 18.0. The topological polar surface area (TPSA) is 25.6 Å². The van der Waals surface area contributed by atoms with Gasteiger partial charge in [-0.2, -0.15) is 0 Å². The molecule has 0 saturated heterocycles. The molecule has 3 heterocycles. The first-order chi connectivity index (χ1) is 35.7. The summed E-state index contributed by atoms with van der Waals surface area (Å²) in [6.45, 7) is 0. The van der Waals surface area contributed by atoms with Crippen LogP contribution in [0.5, 0.6) is 11.5 Å². The van der Waals surface area contributed by atoms with Crippen molar-refractivity contribution in [3.8, 4) is 44.9 Å². The summed E-state index contributed by atoms with van der Waals surface area (Å²) in [5, 5.41) is 2.24. The lowest BCUT2D eigenvalue weighted by molar-refractivity contribution is 0.436. The highest BCUT2D eigenvalue weighted by Gasteiger charge is 2.54. The summed E-state index contributed by atoms with van der Waals surface area (Å²) in [6, 6.07) is 91.8. The molecule has 4 aliphatic rings. The average molecular weight is 936 g/mol. The van der Waals surface area contributed by atoms with E-state index in [1.165, 1.54) is 65.4 Å². The van der Waals surface area contributed by atoms with Crippen LogP contribution >= 0.6 is 11.8 Å².